The van der Waals surface area contributed by atoms with E-state index in [-0.39, 0.29) is 23.0 Å². The van der Waals surface area contributed by atoms with E-state index in [0.29, 0.717) is 21.5 Å². The number of halogens is 1. The van der Waals surface area contributed by atoms with Crippen molar-refractivity contribution in [3.05, 3.63) is 63.4 Å². The molecule has 0 saturated heterocycles. The predicted octanol–water partition coefficient (Wildman–Crippen LogP) is 3.91. The number of nitrogens with one attached hydrogen (secondary N) is 1. The van der Waals surface area contributed by atoms with E-state index >= 15 is 0 Å². The van der Waals surface area contributed by atoms with Crippen LogP contribution in [0.3, 0.4) is 0 Å². The molecule has 4 aromatic rings. The Morgan fingerprint density at radius 2 is 2.00 bits per heavy atom. The van der Waals surface area contributed by atoms with Crippen molar-refractivity contribution in [3.8, 4) is 28.6 Å². The zero-order chi connectivity index (χ0) is 17.6. The number of nitrogens with zero attached hydrogens (tertiary/aromatic N) is 2. The minimum absolute atomic E-state index is 0.0658. The van der Waals surface area contributed by atoms with Crippen LogP contribution in [0.25, 0.3) is 33.7 Å². The first-order valence-electron chi connectivity index (χ1n) is 7.49. The number of benzene rings is 2. The van der Waals surface area contributed by atoms with Crippen LogP contribution in [0.1, 0.15) is 5.56 Å². The number of hydrogen-bond acceptors (Lipinski definition) is 5. The van der Waals surface area contributed by atoms with Crippen molar-refractivity contribution < 1.29 is 9.63 Å². The Bertz CT molecular complexity index is 1160. The van der Waals surface area contributed by atoms with E-state index in [4.69, 9.17) is 16.1 Å². The van der Waals surface area contributed by atoms with Gasteiger partial charge in [0.05, 0.1) is 10.5 Å². The Hall–Kier alpha value is -3.12. The second-order valence-corrected chi connectivity index (χ2v) is 6.04. The Labute approximate surface area is 146 Å². The quantitative estimate of drug-likeness (QED) is 0.570. The van der Waals surface area contributed by atoms with E-state index in [1.54, 1.807) is 36.4 Å². The molecule has 0 atom stereocenters. The number of pyridine rings is 1. The van der Waals surface area contributed by atoms with Gasteiger partial charge in [-0.3, -0.25) is 4.79 Å². The van der Waals surface area contributed by atoms with Crippen LogP contribution >= 0.6 is 11.6 Å². The van der Waals surface area contributed by atoms with Crippen LogP contribution in [0.4, 0.5) is 0 Å². The molecule has 124 valence electrons. The fraction of sp³-hybridized carbons (Fsp3) is 0.0556. The normalized spacial score (nSPS) is 11.1. The molecule has 0 bridgehead atoms. The number of aryl methyl sites for hydroxylation is 1. The van der Waals surface area contributed by atoms with Gasteiger partial charge in [0.1, 0.15) is 11.3 Å². The molecule has 2 N–H and O–H groups in total. The van der Waals surface area contributed by atoms with Gasteiger partial charge in [0, 0.05) is 10.9 Å². The van der Waals surface area contributed by atoms with Crippen LogP contribution in [0, 0.1) is 6.92 Å². The van der Waals surface area contributed by atoms with E-state index in [0.717, 1.165) is 5.56 Å². The molecule has 0 aliphatic heterocycles. The lowest BCUT2D eigenvalue weighted by Crippen LogP contribution is -2.09. The van der Waals surface area contributed by atoms with E-state index in [9.17, 15) is 9.90 Å². The summed E-state index contributed by atoms with van der Waals surface area (Å²) in [6.07, 6.45) is 0. The van der Waals surface area contributed by atoms with Gasteiger partial charge in [0.15, 0.2) is 0 Å². The number of rotatable bonds is 2. The van der Waals surface area contributed by atoms with Gasteiger partial charge in [-0.15, -0.1) is 0 Å². The molecule has 25 heavy (non-hydrogen) atoms. The maximum atomic E-state index is 12.4. The highest BCUT2D eigenvalue weighted by atomic mass is 35.5. The molecule has 0 unspecified atom stereocenters. The number of H-pyrrole nitrogens is 1. The Balaban J connectivity index is 1.91. The molecule has 2 aromatic carbocycles. The van der Waals surface area contributed by atoms with Gasteiger partial charge >= 0.3 is 0 Å². The number of aromatic amines is 1. The average Bonchev–Trinajstić information content (AvgIpc) is 3.05. The van der Waals surface area contributed by atoms with E-state index < -0.39 is 5.56 Å². The number of aromatic nitrogens is 3. The van der Waals surface area contributed by atoms with Crippen molar-refractivity contribution in [1.29, 1.82) is 0 Å². The first-order valence-corrected chi connectivity index (χ1v) is 7.87. The van der Waals surface area contributed by atoms with Gasteiger partial charge in [-0.1, -0.05) is 40.5 Å². The van der Waals surface area contributed by atoms with Crippen LogP contribution < -0.4 is 5.56 Å². The SMILES string of the molecule is Cc1ccc2[nH]c(=O)c(-c3nc(-c4ccccc4Cl)no3)c(O)c2c1. The zero-order valence-corrected chi connectivity index (χ0v) is 13.8. The Morgan fingerprint density at radius 3 is 2.80 bits per heavy atom. The first-order chi connectivity index (χ1) is 12.0. The number of hydrogen-bond donors (Lipinski definition) is 2. The van der Waals surface area contributed by atoms with Crippen molar-refractivity contribution in [2.24, 2.45) is 0 Å². The second-order valence-electron chi connectivity index (χ2n) is 5.63. The monoisotopic (exact) mass is 353 g/mol. The minimum atomic E-state index is -0.511. The van der Waals surface area contributed by atoms with Gasteiger partial charge in [0.25, 0.3) is 11.4 Å². The van der Waals surface area contributed by atoms with Crippen LogP contribution in [-0.4, -0.2) is 20.2 Å². The highest BCUT2D eigenvalue weighted by Crippen LogP contribution is 2.33. The highest BCUT2D eigenvalue weighted by Gasteiger charge is 2.21. The molecular formula is C18H12ClN3O3. The molecular weight excluding hydrogens is 342 g/mol. The second kappa shape index (κ2) is 5.75. The third-order valence-electron chi connectivity index (χ3n) is 3.90. The van der Waals surface area contributed by atoms with Crippen LogP contribution in [-0.2, 0) is 0 Å². The summed E-state index contributed by atoms with van der Waals surface area (Å²) in [4.78, 5) is 19.3. The van der Waals surface area contributed by atoms with Crippen molar-refractivity contribution in [3.63, 3.8) is 0 Å². The zero-order valence-electron chi connectivity index (χ0n) is 13.1. The molecule has 7 heteroatoms. The molecule has 0 radical (unpaired) electrons. The standard InChI is InChI=1S/C18H12ClN3O3/c1-9-6-7-13-11(8-9)15(23)14(17(24)20-13)18-21-16(22-25-18)10-4-2-3-5-12(10)19/h2-8H,1H3,(H2,20,23,24). The van der Waals surface area contributed by atoms with Crippen LogP contribution in [0.5, 0.6) is 5.75 Å². The van der Waals surface area contributed by atoms with E-state index in [1.807, 2.05) is 13.0 Å². The molecule has 0 aliphatic carbocycles. The average molecular weight is 354 g/mol. The third-order valence-corrected chi connectivity index (χ3v) is 4.23. The molecule has 2 aromatic heterocycles. The maximum absolute atomic E-state index is 12.4. The van der Waals surface area contributed by atoms with Gasteiger partial charge in [-0.05, 0) is 31.2 Å². The fourth-order valence-electron chi connectivity index (χ4n) is 2.67. The van der Waals surface area contributed by atoms with Gasteiger partial charge < -0.3 is 14.6 Å². The summed E-state index contributed by atoms with van der Waals surface area (Å²) in [6, 6.07) is 12.4. The summed E-state index contributed by atoms with van der Waals surface area (Å²) in [5, 5.41) is 15.4. The van der Waals surface area contributed by atoms with E-state index in [1.165, 1.54) is 0 Å². The minimum Gasteiger partial charge on any atom is -0.506 e. The number of fused-ring (bicyclic) bond motifs is 1. The summed E-state index contributed by atoms with van der Waals surface area (Å²) in [6.45, 7) is 1.89. The molecule has 4 rings (SSSR count). The molecule has 2 heterocycles. The van der Waals surface area contributed by atoms with Gasteiger partial charge in [0.2, 0.25) is 5.82 Å². The van der Waals surface area contributed by atoms with E-state index in [2.05, 4.69) is 15.1 Å². The molecule has 0 spiro atoms. The smallest absolute Gasteiger partial charge is 0.267 e. The molecule has 0 amide bonds. The lowest BCUT2D eigenvalue weighted by atomic mass is 10.1. The summed E-state index contributed by atoms with van der Waals surface area (Å²) in [5.41, 5.74) is 1.48. The molecule has 0 fully saturated rings. The predicted molar refractivity (Wildman–Crippen MR) is 94.7 cm³/mol. The summed E-state index contributed by atoms with van der Waals surface area (Å²) >= 11 is 6.13. The van der Waals surface area contributed by atoms with Gasteiger partial charge in [-0.25, -0.2) is 0 Å². The number of aromatic hydroxyl groups is 1. The largest absolute Gasteiger partial charge is 0.506 e. The third kappa shape index (κ3) is 2.56. The topological polar surface area (TPSA) is 92.0 Å². The highest BCUT2D eigenvalue weighted by molar-refractivity contribution is 6.33. The first kappa shape index (κ1) is 15.4. The summed E-state index contributed by atoms with van der Waals surface area (Å²) in [7, 11) is 0. The van der Waals surface area contributed by atoms with Crippen molar-refractivity contribution >= 4 is 22.5 Å². The molecule has 0 aliphatic rings. The maximum Gasteiger partial charge on any atom is 0.267 e. The lowest BCUT2D eigenvalue weighted by molar-refractivity contribution is 0.426. The van der Waals surface area contributed by atoms with Gasteiger partial charge in [-0.2, -0.15) is 4.98 Å². The van der Waals surface area contributed by atoms with Crippen LogP contribution in [0.2, 0.25) is 5.02 Å². The van der Waals surface area contributed by atoms with Crippen molar-refractivity contribution in [1.82, 2.24) is 15.1 Å². The van der Waals surface area contributed by atoms with Crippen molar-refractivity contribution in [2.75, 3.05) is 0 Å². The Kier molecular flexibility index (Phi) is 3.54. The summed E-state index contributed by atoms with van der Waals surface area (Å²) < 4.78 is 5.20. The molecule has 6 nitrogen and oxygen atoms in total. The lowest BCUT2D eigenvalue weighted by Gasteiger charge is -2.05. The molecule has 0 saturated carbocycles. The summed E-state index contributed by atoms with van der Waals surface area (Å²) in [5.74, 6) is -0.0300. The van der Waals surface area contributed by atoms with Crippen molar-refractivity contribution in [2.45, 2.75) is 6.92 Å². The fourth-order valence-corrected chi connectivity index (χ4v) is 2.89. The van der Waals surface area contributed by atoms with Crippen LogP contribution in [0.15, 0.2) is 51.8 Å². The Morgan fingerprint density at radius 1 is 1.20 bits per heavy atom.